The summed E-state index contributed by atoms with van der Waals surface area (Å²) in [5, 5.41) is 9.80. The molecule has 0 fully saturated rings. The molecule has 0 aliphatic heterocycles. The Morgan fingerprint density at radius 1 is 1.25 bits per heavy atom. The summed E-state index contributed by atoms with van der Waals surface area (Å²) in [7, 11) is 0. The molecule has 0 unspecified atom stereocenters. The van der Waals surface area contributed by atoms with Crippen LogP contribution in [0.15, 0.2) is 28.9 Å². The van der Waals surface area contributed by atoms with E-state index in [1.165, 1.54) is 6.26 Å². The van der Waals surface area contributed by atoms with Crippen LogP contribution in [0.5, 0.6) is 0 Å². The Balaban J connectivity index is 2.60. The highest BCUT2D eigenvalue weighted by Gasteiger charge is 2.13. The largest absolute Gasteiger partial charge is 0.447 e. The number of nitrogens with two attached hydrogens (primary N) is 1. The molecule has 0 aliphatic carbocycles. The minimum absolute atomic E-state index is 0.101. The Kier molecular flexibility index (Phi) is 2.78. The van der Waals surface area contributed by atoms with Crippen LogP contribution in [0.1, 0.15) is 5.56 Å². The lowest BCUT2D eigenvalue weighted by atomic mass is 10.1. The van der Waals surface area contributed by atoms with Gasteiger partial charge in [0.1, 0.15) is 17.9 Å². The van der Waals surface area contributed by atoms with Crippen molar-refractivity contribution in [3.63, 3.8) is 0 Å². The summed E-state index contributed by atoms with van der Waals surface area (Å²) in [6.45, 7) is 0. The van der Waals surface area contributed by atoms with E-state index in [2.05, 4.69) is 0 Å². The second-order valence-corrected chi connectivity index (χ2v) is 3.94. The maximum Gasteiger partial charge on any atom is 0.208 e. The molecule has 0 aliphatic rings. The molecule has 2 N–H and O–H groups in total. The number of rotatable bonds is 1. The monoisotopic (exact) mass is 252 g/mol. The number of hydrogen-bond acceptors (Lipinski definition) is 3. The quantitative estimate of drug-likeness (QED) is 0.842. The van der Waals surface area contributed by atoms with Crippen molar-refractivity contribution in [1.29, 1.82) is 5.26 Å². The molecule has 1 heterocycles. The minimum Gasteiger partial charge on any atom is -0.447 e. The van der Waals surface area contributed by atoms with Crippen LogP contribution in [-0.4, -0.2) is 0 Å². The first-order chi connectivity index (χ1) is 7.63. The molecular formula is C11H6Cl2N2O. The minimum atomic E-state index is 0.101. The Hall–Kier alpha value is -1.63. The summed E-state index contributed by atoms with van der Waals surface area (Å²) in [6.07, 6.45) is 1.42. The Morgan fingerprint density at radius 2 is 2.00 bits per heavy atom. The second-order valence-electron chi connectivity index (χ2n) is 3.13. The lowest BCUT2D eigenvalue weighted by Gasteiger charge is -2.00. The van der Waals surface area contributed by atoms with Crippen LogP contribution < -0.4 is 5.73 Å². The van der Waals surface area contributed by atoms with Crippen molar-refractivity contribution < 1.29 is 4.42 Å². The van der Waals surface area contributed by atoms with Crippen molar-refractivity contribution in [2.75, 3.05) is 5.73 Å². The van der Waals surface area contributed by atoms with Gasteiger partial charge in [-0.05, 0) is 17.7 Å². The van der Waals surface area contributed by atoms with Crippen molar-refractivity contribution in [2.24, 2.45) is 0 Å². The number of benzene rings is 1. The molecule has 0 radical (unpaired) electrons. The summed E-state index contributed by atoms with van der Waals surface area (Å²) in [5.74, 6) is 0.101. The Morgan fingerprint density at radius 3 is 2.62 bits per heavy atom. The number of furan rings is 1. The van der Waals surface area contributed by atoms with E-state index < -0.39 is 0 Å². The van der Waals surface area contributed by atoms with Crippen LogP contribution in [0.4, 0.5) is 5.88 Å². The van der Waals surface area contributed by atoms with E-state index >= 15 is 0 Å². The zero-order valence-electron chi connectivity index (χ0n) is 8.00. The fourth-order valence-corrected chi connectivity index (χ4v) is 1.66. The molecule has 80 valence electrons. The fraction of sp³-hybridized carbons (Fsp3) is 0. The van der Waals surface area contributed by atoms with E-state index in [4.69, 9.17) is 38.6 Å². The average molecular weight is 253 g/mol. The third-order valence-electron chi connectivity index (χ3n) is 2.16. The fourth-order valence-electron chi connectivity index (χ4n) is 1.36. The summed E-state index contributed by atoms with van der Waals surface area (Å²) < 4.78 is 4.99. The number of nitriles is 1. The van der Waals surface area contributed by atoms with E-state index in [1.54, 1.807) is 18.2 Å². The maximum absolute atomic E-state index is 8.92. The predicted molar refractivity (Wildman–Crippen MR) is 63.3 cm³/mol. The van der Waals surface area contributed by atoms with E-state index in [0.717, 1.165) is 5.56 Å². The van der Waals surface area contributed by atoms with Crippen LogP contribution in [0.3, 0.4) is 0 Å². The van der Waals surface area contributed by atoms with Gasteiger partial charge in [0.25, 0.3) is 0 Å². The molecule has 2 aromatic rings. The molecule has 5 heteroatoms. The van der Waals surface area contributed by atoms with Gasteiger partial charge in [-0.2, -0.15) is 5.26 Å². The molecule has 0 saturated heterocycles. The van der Waals surface area contributed by atoms with Gasteiger partial charge in [0, 0.05) is 5.56 Å². The van der Waals surface area contributed by atoms with Gasteiger partial charge in [0.2, 0.25) is 5.88 Å². The first-order valence-corrected chi connectivity index (χ1v) is 5.11. The third-order valence-corrected chi connectivity index (χ3v) is 2.90. The predicted octanol–water partition coefficient (Wildman–Crippen LogP) is 3.71. The van der Waals surface area contributed by atoms with Gasteiger partial charge in [-0.1, -0.05) is 29.3 Å². The molecule has 3 nitrogen and oxygen atoms in total. The van der Waals surface area contributed by atoms with Crippen molar-refractivity contribution >= 4 is 29.1 Å². The SMILES string of the molecule is N#Cc1c(-c2ccc(Cl)c(Cl)c2)coc1N. The van der Waals surface area contributed by atoms with Gasteiger partial charge in [-0.15, -0.1) is 0 Å². The normalized spacial score (nSPS) is 10.1. The highest BCUT2D eigenvalue weighted by molar-refractivity contribution is 6.42. The van der Waals surface area contributed by atoms with Gasteiger partial charge in [-0.3, -0.25) is 0 Å². The highest BCUT2D eigenvalue weighted by atomic mass is 35.5. The molecule has 0 spiro atoms. The van der Waals surface area contributed by atoms with Crippen molar-refractivity contribution in [1.82, 2.24) is 0 Å². The van der Waals surface area contributed by atoms with Crippen LogP contribution in [-0.2, 0) is 0 Å². The third kappa shape index (κ3) is 1.73. The smallest absolute Gasteiger partial charge is 0.208 e. The lowest BCUT2D eigenvalue weighted by Crippen LogP contribution is -1.86. The summed E-state index contributed by atoms with van der Waals surface area (Å²) in [5.41, 5.74) is 7.16. The van der Waals surface area contributed by atoms with Gasteiger partial charge in [0.05, 0.1) is 10.0 Å². The molecule has 1 aromatic heterocycles. The van der Waals surface area contributed by atoms with Gasteiger partial charge in [0.15, 0.2) is 0 Å². The van der Waals surface area contributed by atoms with Gasteiger partial charge in [-0.25, -0.2) is 0 Å². The van der Waals surface area contributed by atoms with E-state index in [1.807, 2.05) is 6.07 Å². The standard InChI is InChI=1S/C11H6Cl2N2O/c12-9-2-1-6(3-10(9)13)8-5-16-11(15)7(8)4-14/h1-3,5H,15H2. The summed E-state index contributed by atoms with van der Waals surface area (Å²) >= 11 is 11.7. The number of anilines is 1. The molecule has 0 atom stereocenters. The molecular weight excluding hydrogens is 247 g/mol. The Bertz CT molecular complexity index is 584. The summed E-state index contributed by atoms with van der Waals surface area (Å²) in [4.78, 5) is 0. The van der Waals surface area contributed by atoms with Gasteiger partial charge >= 0.3 is 0 Å². The van der Waals surface area contributed by atoms with Crippen LogP contribution in [0.25, 0.3) is 11.1 Å². The summed E-state index contributed by atoms with van der Waals surface area (Å²) in [6, 6.07) is 7.05. The molecule has 1 aromatic carbocycles. The number of hydrogen-bond donors (Lipinski definition) is 1. The number of nitrogens with zero attached hydrogens (tertiary/aromatic N) is 1. The maximum atomic E-state index is 8.92. The van der Waals surface area contributed by atoms with Crippen LogP contribution >= 0.6 is 23.2 Å². The first-order valence-electron chi connectivity index (χ1n) is 4.36. The zero-order chi connectivity index (χ0) is 11.7. The molecule has 2 rings (SSSR count). The number of nitrogen functional groups attached to an aromatic ring is 1. The van der Waals surface area contributed by atoms with Crippen LogP contribution in [0.2, 0.25) is 10.0 Å². The van der Waals surface area contributed by atoms with Crippen molar-refractivity contribution in [3.05, 3.63) is 40.1 Å². The van der Waals surface area contributed by atoms with Gasteiger partial charge < -0.3 is 10.2 Å². The molecule has 0 amide bonds. The van der Waals surface area contributed by atoms with E-state index in [9.17, 15) is 0 Å². The van der Waals surface area contributed by atoms with E-state index in [-0.39, 0.29) is 5.88 Å². The number of halogens is 2. The molecule has 0 bridgehead atoms. The Labute approximate surface area is 102 Å². The second kappa shape index (κ2) is 4.09. The van der Waals surface area contributed by atoms with Crippen molar-refractivity contribution in [2.45, 2.75) is 0 Å². The lowest BCUT2D eigenvalue weighted by molar-refractivity contribution is 0.588. The molecule has 0 saturated carbocycles. The zero-order valence-corrected chi connectivity index (χ0v) is 9.51. The molecule has 16 heavy (non-hydrogen) atoms. The van der Waals surface area contributed by atoms with E-state index in [0.29, 0.717) is 21.2 Å². The topological polar surface area (TPSA) is 63.0 Å². The first kappa shape index (κ1) is 10.9. The average Bonchev–Trinajstić information content (AvgIpc) is 2.63. The van der Waals surface area contributed by atoms with Crippen LogP contribution in [0, 0.1) is 11.3 Å². The van der Waals surface area contributed by atoms with Crippen molar-refractivity contribution in [3.8, 4) is 17.2 Å². The highest BCUT2D eigenvalue weighted by Crippen LogP contribution is 2.33.